The van der Waals surface area contributed by atoms with Crippen molar-refractivity contribution in [2.75, 3.05) is 11.9 Å². The van der Waals surface area contributed by atoms with Crippen molar-refractivity contribution in [3.05, 3.63) is 35.4 Å². The van der Waals surface area contributed by atoms with E-state index >= 15 is 0 Å². The molecule has 1 aromatic rings. The van der Waals surface area contributed by atoms with Crippen molar-refractivity contribution in [2.24, 2.45) is 5.41 Å². The lowest BCUT2D eigenvalue weighted by Crippen LogP contribution is -2.31. The molecule has 0 heterocycles. The van der Waals surface area contributed by atoms with Crippen LogP contribution in [0, 0.1) is 17.0 Å². The fourth-order valence-electron chi connectivity index (χ4n) is 1.59. The Hall–Kier alpha value is -0.970. The molecule has 1 aromatic carbocycles. The second-order valence-electron chi connectivity index (χ2n) is 4.47. The quantitative estimate of drug-likeness (QED) is 0.852. The Morgan fingerprint density at radius 2 is 1.88 bits per heavy atom. The first-order chi connectivity index (χ1) is 8.04. The van der Waals surface area contributed by atoms with Crippen LogP contribution in [-0.4, -0.2) is 17.8 Å². The molecule has 92 valence electrons. The number of nitrogens with one attached hydrogen (secondary N) is 1. The molecule has 1 saturated carbocycles. The average Bonchev–Trinajstić information content (AvgIpc) is 3.05. The van der Waals surface area contributed by atoms with Crippen LogP contribution in [-0.2, 0) is 0 Å². The van der Waals surface area contributed by atoms with Crippen molar-refractivity contribution in [2.45, 2.75) is 12.8 Å². The molecule has 0 atom stereocenters. The van der Waals surface area contributed by atoms with E-state index in [0.717, 1.165) is 36.4 Å². The van der Waals surface area contributed by atoms with Crippen LogP contribution in [0.5, 0.6) is 0 Å². The number of carbonyl (C=O) groups excluding carboxylic acids is 1. The number of hydrogen-bond acceptors (Lipinski definition) is 1. The Morgan fingerprint density at radius 3 is 2.35 bits per heavy atom. The molecule has 0 unspecified atom stereocenters. The van der Waals surface area contributed by atoms with E-state index in [4.69, 9.17) is 0 Å². The van der Waals surface area contributed by atoms with E-state index in [9.17, 15) is 13.6 Å². The molecular weight excluding hydrogens is 292 g/mol. The van der Waals surface area contributed by atoms with E-state index in [2.05, 4.69) is 21.2 Å². The van der Waals surface area contributed by atoms with Crippen LogP contribution in [0.15, 0.2) is 18.2 Å². The highest BCUT2D eigenvalue weighted by molar-refractivity contribution is 9.09. The number of amides is 1. The van der Waals surface area contributed by atoms with Gasteiger partial charge < -0.3 is 5.32 Å². The smallest absolute Gasteiger partial charge is 0.251 e. The number of carbonyl (C=O) groups is 1. The maximum Gasteiger partial charge on any atom is 0.251 e. The van der Waals surface area contributed by atoms with Crippen molar-refractivity contribution in [1.29, 1.82) is 0 Å². The molecule has 1 aliphatic rings. The molecule has 0 radical (unpaired) electrons. The highest BCUT2D eigenvalue weighted by atomic mass is 79.9. The van der Waals surface area contributed by atoms with Crippen LogP contribution in [0.25, 0.3) is 0 Å². The van der Waals surface area contributed by atoms with E-state index in [1.807, 2.05) is 0 Å². The second kappa shape index (κ2) is 4.72. The number of benzene rings is 1. The minimum atomic E-state index is -0.739. The molecule has 0 aromatic heterocycles. The van der Waals surface area contributed by atoms with Gasteiger partial charge in [-0.2, -0.15) is 0 Å². The molecule has 2 rings (SSSR count). The third-order valence-corrected chi connectivity index (χ3v) is 4.18. The fraction of sp³-hybridized carbons (Fsp3) is 0.417. The first-order valence-electron chi connectivity index (χ1n) is 5.35. The van der Waals surface area contributed by atoms with E-state index in [1.165, 1.54) is 0 Å². The van der Waals surface area contributed by atoms with E-state index < -0.39 is 17.5 Å². The zero-order valence-electron chi connectivity index (χ0n) is 9.10. The van der Waals surface area contributed by atoms with Gasteiger partial charge in [0.25, 0.3) is 5.91 Å². The molecule has 0 aliphatic heterocycles. The van der Waals surface area contributed by atoms with Gasteiger partial charge in [-0.05, 0) is 30.4 Å². The molecule has 5 heteroatoms. The maximum absolute atomic E-state index is 12.9. The van der Waals surface area contributed by atoms with Gasteiger partial charge >= 0.3 is 0 Å². The van der Waals surface area contributed by atoms with Crippen LogP contribution in [0.1, 0.15) is 23.2 Å². The SMILES string of the molecule is O=C(NCC1(CBr)CC1)c1cc(F)cc(F)c1. The Labute approximate surface area is 107 Å². The summed E-state index contributed by atoms with van der Waals surface area (Å²) in [6.07, 6.45) is 2.13. The summed E-state index contributed by atoms with van der Waals surface area (Å²) >= 11 is 3.39. The number of halogens is 3. The Kier molecular flexibility index (Phi) is 3.47. The van der Waals surface area contributed by atoms with Gasteiger partial charge in [0, 0.05) is 23.5 Å². The standard InChI is InChI=1S/C12H12BrF2NO/c13-6-12(1-2-12)7-16-11(17)8-3-9(14)5-10(15)4-8/h3-5H,1-2,6-7H2,(H,16,17). The molecule has 0 saturated heterocycles. The van der Waals surface area contributed by atoms with Gasteiger partial charge in [-0.1, -0.05) is 15.9 Å². The molecule has 1 fully saturated rings. The topological polar surface area (TPSA) is 29.1 Å². The van der Waals surface area contributed by atoms with Crippen molar-refractivity contribution in [3.63, 3.8) is 0 Å². The molecule has 1 N–H and O–H groups in total. The maximum atomic E-state index is 12.9. The second-order valence-corrected chi connectivity index (χ2v) is 5.04. The van der Waals surface area contributed by atoms with Gasteiger partial charge in [0.2, 0.25) is 0 Å². The summed E-state index contributed by atoms with van der Waals surface area (Å²) in [5, 5.41) is 3.54. The first-order valence-corrected chi connectivity index (χ1v) is 6.47. The molecule has 17 heavy (non-hydrogen) atoms. The normalized spacial score (nSPS) is 16.6. The summed E-state index contributed by atoms with van der Waals surface area (Å²) in [5.74, 6) is -1.91. The lowest BCUT2D eigenvalue weighted by molar-refractivity contribution is 0.0945. The molecule has 2 nitrogen and oxygen atoms in total. The summed E-state index contributed by atoms with van der Waals surface area (Å²) in [6.45, 7) is 0.537. The number of alkyl halides is 1. The fourth-order valence-corrected chi connectivity index (χ4v) is 2.35. The Morgan fingerprint density at radius 1 is 1.29 bits per heavy atom. The molecule has 0 bridgehead atoms. The van der Waals surface area contributed by atoms with Gasteiger partial charge in [0.15, 0.2) is 0 Å². The van der Waals surface area contributed by atoms with Crippen LogP contribution in [0.2, 0.25) is 0 Å². The van der Waals surface area contributed by atoms with E-state index in [1.54, 1.807) is 0 Å². The van der Waals surface area contributed by atoms with E-state index in [-0.39, 0.29) is 11.0 Å². The highest BCUT2D eigenvalue weighted by Gasteiger charge is 2.41. The number of rotatable bonds is 4. The van der Waals surface area contributed by atoms with Gasteiger partial charge in [0.1, 0.15) is 11.6 Å². The predicted octanol–water partition coefficient (Wildman–Crippen LogP) is 2.87. The molecule has 1 aliphatic carbocycles. The van der Waals surface area contributed by atoms with Gasteiger partial charge in [-0.15, -0.1) is 0 Å². The average molecular weight is 304 g/mol. The third kappa shape index (κ3) is 3.03. The van der Waals surface area contributed by atoms with Crippen molar-refractivity contribution in [3.8, 4) is 0 Å². The van der Waals surface area contributed by atoms with Gasteiger partial charge in [0.05, 0.1) is 0 Å². The van der Waals surface area contributed by atoms with Crippen LogP contribution in [0.3, 0.4) is 0 Å². The lowest BCUT2D eigenvalue weighted by atomic mass is 10.1. The summed E-state index contributed by atoms with van der Waals surface area (Å²) in [5.41, 5.74) is 0.162. The largest absolute Gasteiger partial charge is 0.351 e. The molecular formula is C12H12BrF2NO. The Balaban J connectivity index is 1.99. The van der Waals surface area contributed by atoms with Crippen molar-refractivity contribution in [1.82, 2.24) is 5.32 Å². The lowest BCUT2D eigenvalue weighted by Gasteiger charge is -2.12. The van der Waals surface area contributed by atoms with Crippen LogP contribution in [0.4, 0.5) is 8.78 Å². The summed E-state index contributed by atoms with van der Waals surface area (Å²) in [4.78, 5) is 11.7. The molecule has 1 amide bonds. The third-order valence-electron chi connectivity index (χ3n) is 2.99. The number of hydrogen-bond donors (Lipinski definition) is 1. The van der Waals surface area contributed by atoms with Gasteiger partial charge in [-0.25, -0.2) is 8.78 Å². The minimum Gasteiger partial charge on any atom is -0.351 e. The van der Waals surface area contributed by atoms with Crippen LogP contribution >= 0.6 is 15.9 Å². The predicted molar refractivity (Wildman–Crippen MR) is 64.2 cm³/mol. The van der Waals surface area contributed by atoms with E-state index in [0.29, 0.717) is 6.54 Å². The summed E-state index contributed by atoms with van der Waals surface area (Å²) in [6, 6.07) is 2.82. The highest BCUT2D eigenvalue weighted by Crippen LogP contribution is 2.46. The summed E-state index contributed by atoms with van der Waals surface area (Å²) < 4.78 is 25.8. The summed E-state index contributed by atoms with van der Waals surface area (Å²) in [7, 11) is 0. The van der Waals surface area contributed by atoms with Crippen molar-refractivity contribution < 1.29 is 13.6 Å². The van der Waals surface area contributed by atoms with Gasteiger partial charge in [-0.3, -0.25) is 4.79 Å². The Bertz CT molecular complexity index is 426. The molecule has 0 spiro atoms. The minimum absolute atomic E-state index is 0.0212. The van der Waals surface area contributed by atoms with Crippen molar-refractivity contribution >= 4 is 21.8 Å². The first kappa shape index (κ1) is 12.5. The zero-order chi connectivity index (χ0) is 12.5. The monoisotopic (exact) mass is 303 g/mol. The zero-order valence-corrected chi connectivity index (χ0v) is 10.7. The van der Waals surface area contributed by atoms with Crippen LogP contribution < -0.4 is 5.32 Å².